The molecule has 1 N–H and O–H groups in total. The predicted molar refractivity (Wildman–Crippen MR) is 85.9 cm³/mol. The van der Waals surface area contributed by atoms with Crippen molar-refractivity contribution in [2.24, 2.45) is 0 Å². The summed E-state index contributed by atoms with van der Waals surface area (Å²) in [6, 6.07) is 6.73. The smallest absolute Gasteiger partial charge is 0.348 e. The maximum Gasteiger partial charge on any atom is 0.348 e. The number of piperidine rings is 1. The molecule has 1 aromatic carbocycles. The SMILES string of the molecule is O=C(O)C1(Oc2ccc(Cl)cc2)CCN(c2cnccn2)CC1. The first-order chi connectivity index (χ1) is 11.1. The van der Waals surface area contributed by atoms with E-state index in [1.54, 1.807) is 42.9 Å². The van der Waals surface area contributed by atoms with Crippen LogP contribution in [0.1, 0.15) is 12.8 Å². The van der Waals surface area contributed by atoms with Gasteiger partial charge in [-0.1, -0.05) is 11.6 Å². The lowest BCUT2D eigenvalue weighted by Crippen LogP contribution is -2.53. The highest BCUT2D eigenvalue weighted by molar-refractivity contribution is 6.30. The molecule has 6 nitrogen and oxygen atoms in total. The lowest BCUT2D eigenvalue weighted by atomic mass is 9.91. The van der Waals surface area contributed by atoms with E-state index in [2.05, 4.69) is 9.97 Å². The number of aliphatic carboxylic acids is 1. The monoisotopic (exact) mass is 333 g/mol. The number of halogens is 1. The van der Waals surface area contributed by atoms with Crippen LogP contribution in [-0.4, -0.2) is 39.7 Å². The van der Waals surface area contributed by atoms with Gasteiger partial charge in [0.2, 0.25) is 5.60 Å². The second-order valence-electron chi connectivity index (χ2n) is 5.41. The molecule has 0 aliphatic carbocycles. The van der Waals surface area contributed by atoms with Crippen molar-refractivity contribution >= 4 is 23.4 Å². The summed E-state index contributed by atoms with van der Waals surface area (Å²) in [7, 11) is 0. The normalized spacial score (nSPS) is 16.8. The van der Waals surface area contributed by atoms with E-state index in [1.807, 2.05) is 4.90 Å². The molecule has 2 aromatic rings. The van der Waals surface area contributed by atoms with Crippen LogP contribution < -0.4 is 9.64 Å². The molecule has 1 fully saturated rings. The molecule has 0 amide bonds. The topological polar surface area (TPSA) is 75.6 Å². The van der Waals surface area contributed by atoms with Gasteiger partial charge in [0.05, 0.1) is 6.20 Å². The quantitative estimate of drug-likeness (QED) is 0.927. The van der Waals surface area contributed by atoms with Crippen molar-refractivity contribution in [2.75, 3.05) is 18.0 Å². The Labute approximate surface area is 138 Å². The molecule has 2 heterocycles. The third-order valence-electron chi connectivity index (χ3n) is 3.96. The van der Waals surface area contributed by atoms with E-state index in [9.17, 15) is 9.90 Å². The van der Waals surface area contributed by atoms with Crippen LogP contribution in [0, 0.1) is 0 Å². The van der Waals surface area contributed by atoms with Gasteiger partial charge in [0.25, 0.3) is 0 Å². The maximum atomic E-state index is 11.8. The molecule has 1 aliphatic rings. The van der Waals surface area contributed by atoms with E-state index in [4.69, 9.17) is 16.3 Å². The number of anilines is 1. The Bertz CT molecular complexity index is 671. The molecule has 0 radical (unpaired) electrons. The zero-order valence-electron chi connectivity index (χ0n) is 12.4. The molecular weight excluding hydrogens is 318 g/mol. The molecule has 3 rings (SSSR count). The van der Waals surface area contributed by atoms with Gasteiger partial charge in [0.1, 0.15) is 11.6 Å². The van der Waals surface area contributed by atoms with E-state index in [0.29, 0.717) is 36.7 Å². The van der Waals surface area contributed by atoms with Crippen LogP contribution in [0.3, 0.4) is 0 Å². The molecular formula is C16H16ClN3O3. The van der Waals surface area contributed by atoms with Crippen molar-refractivity contribution in [1.82, 2.24) is 9.97 Å². The van der Waals surface area contributed by atoms with E-state index < -0.39 is 11.6 Å². The van der Waals surface area contributed by atoms with Gasteiger partial charge < -0.3 is 14.7 Å². The summed E-state index contributed by atoms with van der Waals surface area (Å²) in [6.45, 7) is 1.08. The number of nitrogens with zero attached hydrogens (tertiary/aromatic N) is 3. The summed E-state index contributed by atoms with van der Waals surface area (Å²) < 4.78 is 5.82. The number of ether oxygens (including phenoxy) is 1. The summed E-state index contributed by atoms with van der Waals surface area (Å²) in [5, 5.41) is 10.2. The first-order valence-electron chi connectivity index (χ1n) is 7.28. The largest absolute Gasteiger partial charge is 0.478 e. The fourth-order valence-electron chi connectivity index (χ4n) is 2.64. The highest BCUT2D eigenvalue weighted by Gasteiger charge is 2.44. The molecule has 23 heavy (non-hydrogen) atoms. The molecule has 0 atom stereocenters. The minimum absolute atomic E-state index is 0.363. The number of carboxylic acid groups (broad SMARTS) is 1. The van der Waals surface area contributed by atoms with Crippen LogP contribution >= 0.6 is 11.6 Å². The number of hydrogen-bond donors (Lipinski definition) is 1. The Balaban J connectivity index is 1.74. The summed E-state index contributed by atoms with van der Waals surface area (Å²) in [4.78, 5) is 22.1. The zero-order chi connectivity index (χ0) is 16.3. The Morgan fingerprint density at radius 2 is 1.91 bits per heavy atom. The fraction of sp³-hybridized carbons (Fsp3) is 0.312. The van der Waals surface area contributed by atoms with Crippen molar-refractivity contribution in [3.05, 3.63) is 47.9 Å². The van der Waals surface area contributed by atoms with Crippen molar-refractivity contribution in [3.8, 4) is 5.75 Å². The maximum absolute atomic E-state index is 11.8. The van der Waals surface area contributed by atoms with Gasteiger partial charge >= 0.3 is 5.97 Å². The highest BCUT2D eigenvalue weighted by atomic mass is 35.5. The number of rotatable bonds is 4. The number of carbonyl (C=O) groups is 1. The van der Waals surface area contributed by atoms with Crippen molar-refractivity contribution in [1.29, 1.82) is 0 Å². The number of carboxylic acids is 1. The van der Waals surface area contributed by atoms with Gasteiger partial charge in [-0.05, 0) is 24.3 Å². The molecule has 1 aliphatic heterocycles. The third-order valence-corrected chi connectivity index (χ3v) is 4.21. The van der Waals surface area contributed by atoms with Crippen LogP contribution in [0.25, 0.3) is 0 Å². The van der Waals surface area contributed by atoms with Gasteiger partial charge in [-0.15, -0.1) is 0 Å². The van der Waals surface area contributed by atoms with E-state index in [-0.39, 0.29) is 0 Å². The van der Waals surface area contributed by atoms with Crippen LogP contribution in [0.4, 0.5) is 5.82 Å². The lowest BCUT2D eigenvalue weighted by Gasteiger charge is -2.39. The van der Waals surface area contributed by atoms with E-state index >= 15 is 0 Å². The minimum atomic E-state index is -1.23. The van der Waals surface area contributed by atoms with E-state index in [1.165, 1.54) is 0 Å². The van der Waals surface area contributed by atoms with Gasteiger partial charge in [-0.3, -0.25) is 4.98 Å². The molecule has 0 spiro atoms. The zero-order valence-corrected chi connectivity index (χ0v) is 13.1. The Kier molecular flexibility index (Phi) is 4.34. The molecule has 1 saturated heterocycles. The highest BCUT2D eigenvalue weighted by Crippen LogP contribution is 2.31. The molecule has 0 bridgehead atoms. The molecule has 0 unspecified atom stereocenters. The number of benzene rings is 1. The van der Waals surface area contributed by atoms with Gasteiger partial charge in [-0.2, -0.15) is 0 Å². The summed E-state index contributed by atoms with van der Waals surface area (Å²) in [5.41, 5.74) is -1.23. The molecule has 7 heteroatoms. The molecule has 120 valence electrons. The van der Waals surface area contributed by atoms with Gasteiger partial charge in [0, 0.05) is 43.3 Å². The summed E-state index contributed by atoms with van der Waals surface area (Å²) >= 11 is 5.85. The summed E-state index contributed by atoms with van der Waals surface area (Å²) in [5.74, 6) is 0.300. The second-order valence-corrected chi connectivity index (χ2v) is 5.84. The lowest BCUT2D eigenvalue weighted by molar-refractivity contribution is -0.157. The molecule has 0 saturated carbocycles. The Hall–Kier alpha value is -2.34. The fourth-order valence-corrected chi connectivity index (χ4v) is 2.77. The van der Waals surface area contributed by atoms with Crippen LogP contribution in [-0.2, 0) is 4.79 Å². The average Bonchev–Trinajstić information content (AvgIpc) is 2.58. The Morgan fingerprint density at radius 3 is 2.48 bits per heavy atom. The van der Waals surface area contributed by atoms with Gasteiger partial charge in [0.15, 0.2) is 0 Å². The van der Waals surface area contributed by atoms with Crippen molar-refractivity contribution in [2.45, 2.75) is 18.4 Å². The third kappa shape index (κ3) is 3.37. The van der Waals surface area contributed by atoms with E-state index in [0.717, 1.165) is 5.82 Å². The first kappa shape index (κ1) is 15.6. The number of aromatic nitrogens is 2. The van der Waals surface area contributed by atoms with Crippen molar-refractivity contribution < 1.29 is 14.6 Å². The molecule has 1 aromatic heterocycles. The van der Waals surface area contributed by atoms with Crippen LogP contribution in [0.15, 0.2) is 42.9 Å². The summed E-state index contributed by atoms with van der Waals surface area (Å²) in [6.07, 6.45) is 5.63. The second kappa shape index (κ2) is 6.42. The Morgan fingerprint density at radius 1 is 1.22 bits per heavy atom. The van der Waals surface area contributed by atoms with Crippen molar-refractivity contribution in [3.63, 3.8) is 0 Å². The predicted octanol–water partition coefficient (Wildman–Crippen LogP) is 2.63. The van der Waals surface area contributed by atoms with Gasteiger partial charge in [-0.25, -0.2) is 9.78 Å². The standard InChI is InChI=1S/C16H16ClN3O3/c17-12-1-3-13(4-2-12)23-16(15(21)22)5-9-20(10-6-16)14-11-18-7-8-19-14/h1-4,7-8,11H,5-6,9-10H2,(H,21,22). The number of hydrogen-bond acceptors (Lipinski definition) is 5. The first-order valence-corrected chi connectivity index (χ1v) is 7.66. The average molecular weight is 334 g/mol. The minimum Gasteiger partial charge on any atom is -0.478 e. The van der Waals surface area contributed by atoms with Crippen LogP contribution in [0.2, 0.25) is 5.02 Å². The van der Waals surface area contributed by atoms with Crippen LogP contribution in [0.5, 0.6) is 5.75 Å².